The molecule has 0 saturated carbocycles. The molecule has 2 nitrogen and oxygen atoms in total. The summed E-state index contributed by atoms with van der Waals surface area (Å²) in [7, 11) is 0. The molecule has 2 aromatic rings. The average Bonchev–Trinajstić information content (AvgIpc) is 2.30. The number of anilines is 1. The van der Waals surface area contributed by atoms with Gasteiger partial charge in [-0.2, -0.15) is 0 Å². The highest BCUT2D eigenvalue weighted by Crippen LogP contribution is 2.31. The van der Waals surface area contributed by atoms with E-state index in [9.17, 15) is 13.2 Å². The van der Waals surface area contributed by atoms with E-state index in [1.54, 1.807) is 0 Å². The van der Waals surface area contributed by atoms with E-state index in [1.165, 1.54) is 12.1 Å². The second-order valence-corrected chi connectivity index (χ2v) is 4.33. The first-order valence-electron chi connectivity index (χ1n) is 4.85. The maximum absolute atomic E-state index is 13.2. The summed E-state index contributed by atoms with van der Waals surface area (Å²) in [6.45, 7) is 0. The van der Waals surface area contributed by atoms with Gasteiger partial charge in [-0.05, 0) is 28.1 Å². The molecule has 0 bridgehead atoms. The number of hydrogen-bond acceptors (Lipinski definition) is 2. The van der Waals surface area contributed by atoms with E-state index in [4.69, 9.17) is 10.5 Å². The molecule has 6 heteroatoms. The Morgan fingerprint density at radius 1 is 1.00 bits per heavy atom. The first-order valence-corrected chi connectivity index (χ1v) is 5.64. The van der Waals surface area contributed by atoms with E-state index >= 15 is 0 Å². The van der Waals surface area contributed by atoms with E-state index in [1.807, 2.05) is 0 Å². The van der Waals surface area contributed by atoms with Crippen LogP contribution in [-0.4, -0.2) is 0 Å². The Labute approximate surface area is 109 Å². The van der Waals surface area contributed by atoms with Crippen LogP contribution in [0.5, 0.6) is 11.5 Å². The van der Waals surface area contributed by atoms with Gasteiger partial charge in [0.1, 0.15) is 23.1 Å². The number of ether oxygens (including phenoxy) is 1. The number of halogens is 4. The maximum atomic E-state index is 13.2. The summed E-state index contributed by atoms with van der Waals surface area (Å²) < 4.78 is 44.8. The van der Waals surface area contributed by atoms with Crippen molar-refractivity contribution in [2.24, 2.45) is 0 Å². The third-order valence-corrected chi connectivity index (χ3v) is 2.82. The minimum absolute atomic E-state index is 0.0902. The molecule has 18 heavy (non-hydrogen) atoms. The molecule has 0 atom stereocenters. The quantitative estimate of drug-likeness (QED) is 0.841. The Balaban J connectivity index is 2.36. The van der Waals surface area contributed by atoms with Crippen molar-refractivity contribution < 1.29 is 17.9 Å². The van der Waals surface area contributed by atoms with Crippen LogP contribution in [0, 0.1) is 17.5 Å². The van der Waals surface area contributed by atoms with Crippen LogP contribution >= 0.6 is 15.9 Å². The second kappa shape index (κ2) is 4.89. The van der Waals surface area contributed by atoms with Gasteiger partial charge >= 0.3 is 0 Å². The predicted octanol–water partition coefficient (Wildman–Crippen LogP) is 4.24. The fourth-order valence-corrected chi connectivity index (χ4v) is 1.56. The number of nitrogens with two attached hydrogens (primary N) is 1. The minimum Gasteiger partial charge on any atom is -0.455 e. The number of rotatable bonds is 2. The second-order valence-electron chi connectivity index (χ2n) is 3.48. The Bertz CT molecular complexity index is 604. The first-order chi connectivity index (χ1) is 8.47. The van der Waals surface area contributed by atoms with Crippen molar-refractivity contribution in [3.05, 3.63) is 52.3 Å². The maximum Gasteiger partial charge on any atom is 0.156 e. The van der Waals surface area contributed by atoms with Gasteiger partial charge in [-0.1, -0.05) is 0 Å². The summed E-state index contributed by atoms with van der Waals surface area (Å²) in [4.78, 5) is 0. The van der Waals surface area contributed by atoms with Crippen molar-refractivity contribution in [2.75, 3.05) is 5.73 Å². The zero-order valence-electron chi connectivity index (χ0n) is 8.88. The van der Waals surface area contributed by atoms with Gasteiger partial charge in [-0.15, -0.1) is 0 Å². The number of benzene rings is 2. The molecule has 0 radical (unpaired) electrons. The molecule has 0 unspecified atom stereocenters. The molecule has 0 aliphatic rings. The smallest absolute Gasteiger partial charge is 0.156 e. The average molecular weight is 318 g/mol. The third kappa shape index (κ3) is 2.59. The number of nitrogen functional groups attached to an aromatic ring is 1. The highest BCUT2D eigenvalue weighted by atomic mass is 79.9. The molecule has 0 heterocycles. The molecular formula is C12H7BrF3NO. The Kier molecular flexibility index (Phi) is 3.47. The van der Waals surface area contributed by atoms with E-state index in [-0.39, 0.29) is 21.7 Å². The molecule has 0 amide bonds. The molecular weight excluding hydrogens is 311 g/mol. The lowest BCUT2D eigenvalue weighted by Crippen LogP contribution is -1.97. The van der Waals surface area contributed by atoms with Crippen LogP contribution in [0.4, 0.5) is 18.9 Å². The molecule has 0 spiro atoms. The highest BCUT2D eigenvalue weighted by molar-refractivity contribution is 9.10. The standard InChI is InChI=1S/C12H7BrF3NO/c13-8-2-1-7(5-9(8)15)18-11-4-6(14)3-10(16)12(11)17/h1-5H,17H2. The minimum atomic E-state index is -0.928. The van der Waals surface area contributed by atoms with Gasteiger partial charge in [0.25, 0.3) is 0 Å². The van der Waals surface area contributed by atoms with E-state index in [0.717, 1.165) is 12.1 Å². The van der Waals surface area contributed by atoms with Crippen molar-refractivity contribution in [1.29, 1.82) is 0 Å². The molecule has 0 aliphatic carbocycles. The van der Waals surface area contributed by atoms with Crippen LogP contribution < -0.4 is 10.5 Å². The van der Waals surface area contributed by atoms with Crippen molar-refractivity contribution in [3.8, 4) is 11.5 Å². The Morgan fingerprint density at radius 2 is 1.72 bits per heavy atom. The van der Waals surface area contributed by atoms with Crippen LogP contribution in [0.1, 0.15) is 0 Å². The summed E-state index contributed by atoms with van der Waals surface area (Å²) in [5.41, 5.74) is 5.06. The molecule has 94 valence electrons. The van der Waals surface area contributed by atoms with Gasteiger partial charge in [-0.25, -0.2) is 13.2 Å². The monoisotopic (exact) mass is 317 g/mol. The number of hydrogen-bond donors (Lipinski definition) is 1. The molecule has 2 aromatic carbocycles. The lowest BCUT2D eigenvalue weighted by atomic mass is 10.2. The lowest BCUT2D eigenvalue weighted by molar-refractivity contribution is 0.467. The van der Waals surface area contributed by atoms with E-state index < -0.39 is 17.5 Å². The SMILES string of the molecule is Nc1c(F)cc(F)cc1Oc1ccc(Br)c(F)c1. The molecule has 0 fully saturated rings. The molecule has 2 rings (SSSR count). The van der Waals surface area contributed by atoms with E-state index in [2.05, 4.69) is 15.9 Å². The van der Waals surface area contributed by atoms with Crippen LogP contribution in [0.2, 0.25) is 0 Å². The summed E-state index contributed by atoms with van der Waals surface area (Å²) in [6.07, 6.45) is 0. The molecule has 2 N–H and O–H groups in total. The van der Waals surface area contributed by atoms with Crippen LogP contribution in [0.15, 0.2) is 34.8 Å². The Morgan fingerprint density at radius 3 is 2.39 bits per heavy atom. The van der Waals surface area contributed by atoms with Gasteiger partial charge in [0.15, 0.2) is 11.6 Å². The van der Waals surface area contributed by atoms with Gasteiger partial charge in [-0.3, -0.25) is 0 Å². The Hall–Kier alpha value is -1.69. The van der Waals surface area contributed by atoms with Crippen molar-refractivity contribution in [3.63, 3.8) is 0 Å². The van der Waals surface area contributed by atoms with Crippen LogP contribution in [-0.2, 0) is 0 Å². The fourth-order valence-electron chi connectivity index (χ4n) is 1.31. The summed E-state index contributed by atoms with van der Waals surface area (Å²) in [5, 5.41) is 0. The normalized spacial score (nSPS) is 10.4. The van der Waals surface area contributed by atoms with Crippen molar-refractivity contribution >= 4 is 21.6 Å². The van der Waals surface area contributed by atoms with Gasteiger partial charge in [0, 0.05) is 18.2 Å². The fraction of sp³-hybridized carbons (Fsp3) is 0. The van der Waals surface area contributed by atoms with Crippen molar-refractivity contribution in [2.45, 2.75) is 0 Å². The van der Waals surface area contributed by atoms with Gasteiger partial charge < -0.3 is 10.5 Å². The van der Waals surface area contributed by atoms with Crippen LogP contribution in [0.25, 0.3) is 0 Å². The zero-order valence-corrected chi connectivity index (χ0v) is 10.5. The van der Waals surface area contributed by atoms with E-state index in [0.29, 0.717) is 6.07 Å². The third-order valence-electron chi connectivity index (χ3n) is 2.18. The largest absolute Gasteiger partial charge is 0.455 e. The first kappa shape index (κ1) is 12.8. The predicted molar refractivity (Wildman–Crippen MR) is 64.9 cm³/mol. The summed E-state index contributed by atoms with van der Waals surface area (Å²) in [6, 6.07) is 5.50. The molecule has 0 aliphatic heterocycles. The molecule has 0 aromatic heterocycles. The lowest BCUT2D eigenvalue weighted by Gasteiger charge is -2.09. The highest BCUT2D eigenvalue weighted by Gasteiger charge is 2.11. The molecule has 0 saturated heterocycles. The van der Waals surface area contributed by atoms with Gasteiger partial charge in [0.05, 0.1) is 4.47 Å². The van der Waals surface area contributed by atoms with Crippen LogP contribution in [0.3, 0.4) is 0 Å². The zero-order chi connectivity index (χ0) is 13.3. The summed E-state index contributed by atoms with van der Waals surface area (Å²) in [5.74, 6) is -2.42. The topological polar surface area (TPSA) is 35.2 Å². The summed E-state index contributed by atoms with van der Waals surface area (Å²) >= 11 is 2.98. The van der Waals surface area contributed by atoms with Crippen molar-refractivity contribution in [1.82, 2.24) is 0 Å². The van der Waals surface area contributed by atoms with Gasteiger partial charge in [0.2, 0.25) is 0 Å².